The molecular weight excluding hydrogens is 474 g/mol. The van der Waals surface area contributed by atoms with Crippen LogP contribution in [0.1, 0.15) is 30.1 Å². The lowest BCUT2D eigenvalue weighted by molar-refractivity contribution is -0.138. The number of anilines is 1. The molecular formula is C23H29N5O6S. The highest BCUT2D eigenvalue weighted by Crippen LogP contribution is 2.30. The Morgan fingerprint density at radius 3 is 2.60 bits per heavy atom. The summed E-state index contributed by atoms with van der Waals surface area (Å²) in [6, 6.07) is 12.4. The van der Waals surface area contributed by atoms with Crippen molar-refractivity contribution in [3.63, 3.8) is 0 Å². The van der Waals surface area contributed by atoms with Crippen molar-refractivity contribution in [2.75, 3.05) is 32.1 Å². The predicted octanol–water partition coefficient (Wildman–Crippen LogP) is 1.53. The molecule has 0 aliphatic carbocycles. The molecule has 1 atom stereocenters. The molecule has 2 aromatic rings. The van der Waals surface area contributed by atoms with Gasteiger partial charge in [0, 0.05) is 20.1 Å². The fourth-order valence-corrected chi connectivity index (χ4v) is 4.54. The number of rotatable bonds is 9. The second kappa shape index (κ2) is 11.8. The zero-order valence-corrected chi connectivity index (χ0v) is 20.4. The van der Waals surface area contributed by atoms with E-state index in [0.29, 0.717) is 30.5 Å². The first-order valence-corrected chi connectivity index (χ1v) is 12.5. The van der Waals surface area contributed by atoms with Crippen LogP contribution in [0.2, 0.25) is 0 Å². The molecule has 188 valence electrons. The van der Waals surface area contributed by atoms with Crippen molar-refractivity contribution in [1.82, 2.24) is 9.62 Å². The maximum absolute atomic E-state index is 12.9. The quantitative estimate of drug-likeness (QED) is 0.263. The molecule has 1 aliphatic heterocycles. The van der Waals surface area contributed by atoms with Crippen molar-refractivity contribution < 1.29 is 27.5 Å². The number of hydrogen-bond donors (Lipinski definition) is 3. The third-order valence-corrected chi connectivity index (χ3v) is 7.05. The summed E-state index contributed by atoms with van der Waals surface area (Å²) < 4.78 is 36.9. The number of nitrogens with one attached hydrogen (secondary N) is 2. The number of para-hydroxylation sites is 1. The van der Waals surface area contributed by atoms with Gasteiger partial charge in [-0.3, -0.25) is 9.79 Å². The molecule has 0 saturated carbocycles. The molecule has 35 heavy (non-hydrogen) atoms. The van der Waals surface area contributed by atoms with Gasteiger partial charge in [-0.15, -0.1) is 0 Å². The van der Waals surface area contributed by atoms with E-state index in [4.69, 9.17) is 15.2 Å². The third-order valence-electron chi connectivity index (χ3n) is 5.16. The van der Waals surface area contributed by atoms with Gasteiger partial charge in [0.05, 0.1) is 35.3 Å². The number of guanidine groups is 1. The van der Waals surface area contributed by atoms with Gasteiger partial charge >= 0.3 is 11.9 Å². The van der Waals surface area contributed by atoms with Crippen LogP contribution in [0.25, 0.3) is 0 Å². The van der Waals surface area contributed by atoms with Crippen LogP contribution in [-0.2, 0) is 19.6 Å². The Labute approximate surface area is 204 Å². The molecule has 11 nitrogen and oxygen atoms in total. The number of nitrogens with two attached hydrogens (primary N) is 1. The highest BCUT2D eigenvalue weighted by Gasteiger charge is 2.29. The first-order chi connectivity index (χ1) is 16.7. The van der Waals surface area contributed by atoms with Crippen LogP contribution in [0, 0.1) is 0 Å². The minimum absolute atomic E-state index is 0.0325. The van der Waals surface area contributed by atoms with Crippen LogP contribution in [0.5, 0.6) is 5.75 Å². The smallest absolute Gasteiger partial charge is 0.348 e. The molecule has 0 fully saturated rings. The van der Waals surface area contributed by atoms with E-state index in [-0.39, 0.29) is 10.5 Å². The number of aliphatic imine (C=N–C) groups is 1. The average molecular weight is 504 g/mol. The standard InChI is InChI=1S/C23H29N5O6S/c1-3-33-18-12-7-11-17(21(18)27-23-25-13-8-14-26-23)22(30)34-20(29)15-19(24)28(2)35(31,32)16-9-5-4-6-10-16/h4-7,9-12,19H,3,8,13-15,24H2,1-2H3,(H2,25,26,27)/t19-/m0/s1. The van der Waals surface area contributed by atoms with Gasteiger partial charge in [-0.05, 0) is 37.6 Å². The summed E-state index contributed by atoms with van der Waals surface area (Å²) in [7, 11) is -2.67. The summed E-state index contributed by atoms with van der Waals surface area (Å²) in [6.45, 7) is 3.50. The fraction of sp³-hybridized carbons (Fsp3) is 0.348. The van der Waals surface area contributed by atoms with Crippen LogP contribution < -0.4 is 21.1 Å². The van der Waals surface area contributed by atoms with Crippen molar-refractivity contribution in [2.45, 2.75) is 30.8 Å². The zero-order chi connectivity index (χ0) is 25.4. The van der Waals surface area contributed by atoms with Crippen LogP contribution >= 0.6 is 0 Å². The Bertz CT molecular complexity index is 1190. The Kier molecular flexibility index (Phi) is 8.79. The maximum atomic E-state index is 12.9. The van der Waals surface area contributed by atoms with E-state index in [9.17, 15) is 18.0 Å². The normalized spacial score (nSPS) is 14.5. The number of benzene rings is 2. The summed E-state index contributed by atoms with van der Waals surface area (Å²) >= 11 is 0. The van der Waals surface area contributed by atoms with Gasteiger partial charge in [0.15, 0.2) is 5.96 Å². The van der Waals surface area contributed by atoms with E-state index >= 15 is 0 Å². The highest BCUT2D eigenvalue weighted by molar-refractivity contribution is 7.89. The van der Waals surface area contributed by atoms with E-state index in [1.165, 1.54) is 25.2 Å². The molecule has 0 spiro atoms. The minimum atomic E-state index is -3.93. The maximum Gasteiger partial charge on any atom is 0.348 e. The van der Waals surface area contributed by atoms with Crippen LogP contribution in [-0.4, -0.2) is 63.5 Å². The molecule has 1 heterocycles. The van der Waals surface area contributed by atoms with E-state index in [0.717, 1.165) is 17.3 Å². The lowest BCUT2D eigenvalue weighted by Gasteiger charge is -2.23. The Morgan fingerprint density at radius 2 is 1.94 bits per heavy atom. The minimum Gasteiger partial charge on any atom is -0.492 e. The van der Waals surface area contributed by atoms with Crippen LogP contribution in [0.3, 0.4) is 0 Å². The van der Waals surface area contributed by atoms with Crippen molar-refractivity contribution >= 4 is 33.6 Å². The molecule has 0 amide bonds. The van der Waals surface area contributed by atoms with Crippen LogP contribution in [0.4, 0.5) is 5.69 Å². The average Bonchev–Trinajstić information content (AvgIpc) is 2.85. The molecule has 0 saturated heterocycles. The van der Waals surface area contributed by atoms with Gasteiger partial charge in [0.2, 0.25) is 10.0 Å². The summed E-state index contributed by atoms with van der Waals surface area (Å²) in [6.07, 6.45) is -0.888. The van der Waals surface area contributed by atoms with Crippen LogP contribution in [0.15, 0.2) is 58.4 Å². The van der Waals surface area contributed by atoms with Crippen molar-refractivity contribution in [2.24, 2.45) is 10.7 Å². The van der Waals surface area contributed by atoms with E-state index in [2.05, 4.69) is 15.6 Å². The summed E-state index contributed by atoms with van der Waals surface area (Å²) in [4.78, 5) is 29.7. The number of esters is 2. The fourth-order valence-electron chi connectivity index (χ4n) is 3.28. The topological polar surface area (TPSA) is 152 Å². The number of ether oxygens (including phenoxy) is 2. The van der Waals surface area contributed by atoms with Gasteiger partial charge in [-0.1, -0.05) is 24.3 Å². The number of nitrogens with zero attached hydrogens (tertiary/aromatic N) is 2. The molecule has 0 radical (unpaired) electrons. The SMILES string of the molecule is CCOc1cccc(C(=O)OC(=O)C[C@@H](N)N(C)S(=O)(=O)c2ccccc2)c1NC1=NCCCN1. The number of sulfonamides is 1. The third kappa shape index (κ3) is 6.56. The van der Waals surface area contributed by atoms with Gasteiger partial charge < -0.3 is 25.8 Å². The zero-order valence-electron chi connectivity index (χ0n) is 19.6. The number of hydrogen-bond acceptors (Lipinski definition) is 10. The molecule has 0 aromatic heterocycles. The van der Waals surface area contributed by atoms with Gasteiger partial charge in [-0.25, -0.2) is 13.2 Å². The second-order valence-electron chi connectivity index (χ2n) is 7.61. The summed E-state index contributed by atoms with van der Waals surface area (Å²) in [5, 5.41) is 6.14. The summed E-state index contributed by atoms with van der Waals surface area (Å²) in [5.74, 6) is -1.05. The van der Waals surface area contributed by atoms with Crippen molar-refractivity contribution in [1.29, 1.82) is 0 Å². The highest BCUT2D eigenvalue weighted by atomic mass is 32.2. The number of carbonyl (C=O) groups excluding carboxylic acids is 2. The van der Waals surface area contributed by atoms with E-state index in [1.54, 1.807) is 37.3 Å². The molecule has 4 N–H and O–H groups in total. The van der Waals surface area contributed by atoms with Crippen molar-refractivity contribution in [3.05, 3.63) is 54.1 Å². The second-order valence-corrected chi connectivity index (χ2v) is 9.61. The monoisotopic (exact) mass is 503 g/mol. The van der Waals surface area contributed by atoms with Crippen molar-refractivity contribution in [3.8, 4) is 5.75 Å². The predicted molar refractivity (Wildman–Crippen MR) is 131 cm³/mol. The molecule has 3 rings (SSSR count). The molecule has 0 unspecified atom stereocenters. The van der Waals surface area contributed by atoms with Gasteiger partial charge in [0.1, 0.15) is 5.75 Å². The van der Waals surface area contributed by atoms with Gasteiger partial charge in [0.25, 0.3) is 0 Å². The largest absolute Gasteiger partial charge is 0.492 e. The molecule has 2 aromatic carbocycles. The molecule has 0 bridgehead atoms. The van der Waals surface area contributed by atoms with E-state index in [1.807, 2.05) is 0 Å². The first-order valence-electron chi connectivity index (χ1n) is 11.1. The van der Waals surface area contributed by atoms with Gasteiger partial charge in [-0.2, -0.15) is 4.31 Å². The van der Waals surface area contributed by atoms with E-state index < -0.39 is 34.5 Å². The summed E-state index contributed by atoms with van der Waals surface area (Å²) in [5.41, 5.74) is 6.30. The lowest BCUT2D eigenvalue weighted by atomic mass is 10.1. The lowest BCUT2D eigenvalue weighted by Crippen LogP contribution is -2.44. The Morgan fingerprint density at radius 1 is 1.20 bits per heavy atom. The number of carbonyl (C=O) groups is 2. The molecule has 12 heteroatoms. The Hall–Kier alpha value is -3.48. The Balaban J connectivity index is 1.72. The molecule has 1 aliphatic rings. The first kappa shape index (κ1) is 26.1.